The molecule has 2 aromatic carbocycles. The summed E-state index contributed by atoms with van der Waals surface area (Å²) in [6.07, 6.45) is 3.96. The van der Waals surface area contributed by atoms with Crippen molar-refractivity contribution in [3.05, 3.63) is 65.7 Å². The van der Waals surface area contributed by atoms with Gasteiger partial charge in [-0.05, 0) is 49.3 Å². The lowest BCUT2D eigenvalue weighted by Crippen LogP contribution is -2.41. The summed E-state index contributed by atoms with van der Waals surface area (Å²) in [5.74, 6) is -1.24. The Balaban J connectivity index is 1.50. The number of amides is 1. The number of hydrogen-bond acceptors (Lipinski definition) is 2. The minimum Gasteiger partial charge on any atom is -0.481 e. The number of ether oxygens (including phenoxy) is 1. The molecule has 138 valence electrons. The summed E-state index contributed by atoms with van der Waals surface area (Å²) in [4.78, 5) is 14.0. The third-order valence-electron chi connectivity index (χ3n) is 5.15. The number of likely N-dealkylation sites (N-methyl/N-ethyl adjacent to an activating group) is 1. The Kier molecular flexibility index (Phi) is 5.86. The number of carbonyl (C=O) groups excluding carboxylic acids is 1. The Bertz CT molecular complexity index is 743. The Morgan fingerprint density at radius 2 is 1.77 bits per heavy atom. The monoisotopic (exact) mass is 359 g/mol. The van der Waals surface area contributed by atoms with Gasteiger partial charge in [0.15, 0.2) is 18.2 Å². The van der Waals surface area contributed by atoms with E-state index in [0.29, 0.717) is 5.92 Å². The summed E-state index contributed by atoms with van der Waals surface area (Å²) in [5, 5.41) is 0. The van der Waals surface area contributed by atoms with Crippen LogP contribution in [-0.4, -0.2) is 30.5 Å². The summed E-state index contributed by atoms with van der Waals surface area (Å²) < 4.78 is 31.7. The zero-order valence-electron chi connectivity index (χ0n) is 14.8. The van der Waals surface area contributed by atoms with Crippen LogP contribution in [0.3, 0.4) is 0 Å². The van der Waals surface area contributed by atoms with Gasteiger partial charge in [-0.15, -0.1) is 0 Å². The van der Waals surface area contributed by atoms with E-state index in [9.17, 15) is 13.6 Å². The van der Waals surface area contributed by atoms with Crippen LogP contribution < -0.4 is 4.74 Å². The van der Waals surface area contributed by atoms with Crippen LogP contribution in [0.4, 0.5) is 8.78 Å². The molecule has 0 aromatic heterocycles. The Hall–Kier alpha value is -2.43. The summed E-state index contributed by atoms with van der Waals surface area (Å²) in [6, 6.07) is 13.7. The van der Waals surface area contributed by atoms with Crippen molar-refractivity contribution in [1.29, 1.82) is 0 Å². The Morgan fingerprint density at radius 1 is 1.08 bits per heavy atom. The van der Waals surface area contributed by atoms with Crippen LogP contribution in [0.1, 0.15) is 37.2 Å². The van der Waals surface area contributed by atoms with Crippen LogP contribution in [0.2, 0.25) is 0 Å². The van der Waals surface area contributed by atoms with Crippen LogP contribution in [-0.2, 0) is 4.79 Å². The molecular weight excluding hydrogens is 336 g/mol. The lowest BCUT2D eigenvalue weighted by atomic mass is 9.81. The molecule has 3 nitrogen and oxygen atoms in total. The summed E-state index contributed by atoms with van der Waals surface area (Å²) in [6.45, 7) is -0.252. The third-order valence-corrected chi connectivity index (χ3v) is 5.15. The predicted octanol–water partition coefficient (Wildman–Crippen LogP) is 4.53. The molecule has 0 N–H and O–H groups in total. The van der Waals surface area contributed by atoms with Crippen LogP contribution in [0, 0.1) is 11.6 Å². The van der Waals surface area contributed by atoms with Gasteiger partial charge in [0, 0.05) is 19.2 Å². The number of hydrogen-bond donors (Lipinski definition) is 0. The predicted molar refractivity (Wildman–Crippen MR) is 96.1 cm³/mol. The van der Waals surface area contributed by atoms with E-state index < -0.39 is 11.6 Å². The minimum absolute atomic E-state index is 0.110. The standard InChI is InChI=1S/C21H23F2NO2/c1-24(21(25)14-26-20-12-9-17(22)13-19(20)23)18-10-7-16(8-11-18)15-5-3-2-4-6-15/h2-6,9,12-13,16,18H,7-8,10-11,14H2,1H3. The SMILES string of the molecule is CN(C(=O)COc1ccc(F)cc1F)C1CCC(c2ccccc2)CC1. The van der Waals surface area contributed by atoms with Crippen molar-refractivity contribution in [2.24, 2.45) is 0 Å². The normalized spacial score (nSPS) is 19.8. The summed E-state index contributed by atoms with van der Waals surface area (Å²) >= 11 is 0. The van der Waals surface area contributed by atoms with Gasteiger partial charge >= 0.3 is 0 Å². The van der Waals surface area contributed by atoms with Gasteiger partial charge in [-0.2, -0.15) is 0 Å². The summed E-state index contributed by atoms with van der Waals surface area (Å²) in [5.41, 5.74) is 1.36. The van der Waals surface area contributed by atoms with Crippen molar-refractivity contribution in [3.8, 4) is 5.75 Å². The van der Waals surface area contributed by atoms with E-state index in [0.717, 1.165) is 37.8 Å². The molecule has 0 radical (unpaired) electrons. The van der Waals surface area contributed by atoms with Crippen LogP contribution in [0.25, 0.3) is 0 Å². The number of halogens is 2. The second kappa shape index (κ2) is 8.30. The number of nitrogens with zero attached hydrogens (tertiary/aromatic N) is 1. The quantitative estimate of drug-likeness (QED) is 0.785. The van der Waals surface area contributed by atoms with Crippen LogP contribution in [0.5, 0.6) is 5.75 Å². The van der Waals surface area contributed by atoms with Crippen LogP contribution in [0.15, 0.2) is 48.5 Å². The third kappa shape index (κ3) is 4.40. The van der Waals surface area contributed by atoms with Gasteiger partial charge in [0.05, 0.1) is 0 Å². The van der Waals surface area contributed by atoms with Gasteiger partial charge in [0.2, 0.25) is 0 Å². The van der Waals surface area contributed by atoms with E-state index in [1.54, 1.807) is 11.9 Å². The van der Waals surface area contributed by atoms with Gasteiger partial charge in [-0.1, -0.05) is 30.3 Å². The average molecular weight is 359 g/mol. The fourth-order valence-electron chi connectivity index (χ4n) is 3.56. The Morgan fingerprint density at radius 3 is 2.42 bits per heavy atom. The first-order valence-corrected chi connectivity index (χ1v) is 8.93. The maximum absolute atomic E-state index is 13.6. The number of benzene rings is 2. The zero-order valence-corrected chi connectivity index (χ0v) is 14.8. The van der Waals surface area contributed by atoms with Crippen molar-refractivity contribution in [3.63, 3.8) is 0 Å². The van der Waals surface area contributed by atoms with Crippen molar-refractivity contribution in [1.82, 2.24) is 4.90 Å². The van der Waals surface area contributed by atoms with E-state index in [1.165, 1.54) is 11.6 Å². The van der Waals surface area contributed by atoms with Gasteiger partial charge < -0.3 is 9.64 Å². The highest BCUT2D eigenvalue weighted by atomic mass is 19.1. The molecule has 0 unspecified atom stereocenters. The largest absolute Gasteiger partial charge is 0.481 e. The molecular formula is C21H23F2NO2. The average Bonchev–Trinajstić information content (AvgIpc) is 2.67. The van der Waals surface area contributed by atoms with E-state index in [-0.39, 0.29) is 24.3 Å². The maximum atomic E-state index is 13.6. The molecule has 0 atom stereocenters. The lowest BCUT2D eigenvalue weighted by Gasteiger charge is -2.34. The lowest BCUT2D eigenvalue weighted by molar-refractivity contribution is -0.134. The molecule has 1 fully saturated rings. The molecule has 1 aliphatic rings. The zero-order chi connectivity index (χ0) is 18.5. The number of rotatable bonds is 5. The first kappa shape index (κ1) is 18.4. The van der Waals surface area contributed by atoms with Crippen LogP contribution >= 0.6 is 0 Å². The fourth-order valence-corrected chi connectivity index (χ4v) is 3.56. The molecule has 1 aliphatic carbocycles. The van der Waals surface area contributed by atoms with Gasteiger partial charge in [-0.25, -0.2) is 8.78 Å². The van der Waals surface area contributed by atoms with E-state index in [2.05, 4.69) is 24.3 Å². The van der Waals surface area contributed by atoms with E-state index in [1.807, 2.05) is 6.07 Å². The highest BCUT2D eigenvalue weighted by Crippen LogP contribution is 2.34. The molecule has 2 aromatic rings. The Labute approximate surface area is 152 Å². The van der Waals surface area contributed by atoms with Crippen molar-refractivity contribution < 1.29 is 18.3 Å². The molecule has 0 spiro atoms. The first-order chi connectivity index (χ1) is 12.5. The topological polar surface area (TPSA) is 29.5 Å². The maximum Gasteiger partial charge on any atom is 0.260 e. The molecule has 0 heterocycles. The van der Waals surface area contributed by atoms with Crippen molar-refractivity contribution >= 4 is 5.91 Å². The molecule has 1 amide bonds. The smallest absolute Gasteiger partial charge is 0.260 e. The summed E-state index contributed by atoms with van der Waals surface area (Å²) in [7, 11) is 1.76. The van der Waals surface area contributed by atoms with Crippen molar-refractivity contribution in [2.45, 2.75) is 37.6 Å². The molecule has 1 saturated carbocycles. The van der Waals surface area contributed by atoms with Gasteiger partial charge in [-0.3, -0.25) is 4.79 Å². The van der Waals surface area contributed by atoms with Gasteiger partial charge in [0.1, 0.15) is 5.82 Å². The second-order valence-electron chi connectivity index (χ2n) is 6.78. The van der Waals surface area contributed by atoms with Gasteiger partial charge in [0.25, 0.3) is 5.91 Å². The molecule has 0 aliphatic heterocycles. The van der Waals surface area contributed by atoms with E-state index >= 15 is 0 Å². The molecule has 26 heavy (non-hydrogen) atoms. The molecule has 3 rings (SSSR count). The number of carbonyl (C=O) groups is 1. The minimum atomic E-state index is -0.802. The molecule has 5 heteroatoms. The molecule has 0 bridgehead atoms. The first-order valence-electron chi connectivity index (χ1n) is 8.93. The van der Waals surface area contributed by atoms with E-state index in [4.69, 9.17) is 4.74 Å². The highest BCUT2D eigenvalue weighted by molar-refractivity contribution is 5.77. The second-order valence-corrected chi connectivity index (χ2v) is 6.78. The highest BCUT2D eigenvalue weighted by Gasteiger charge is 2.27. The molecule has 0 saturated heterocycles. The van der Waals surface area contributed by atoms with Crippen molar-refractivity contribution in [2.75, 3.05) is 13.7 Å². The fraction of sp³-hybridized carbons (Fsp3) is 0.381.